The maximum atomic E-state index is 9.46. The van der Waals surface area contributed by atoms with E-state index in [1.165, 1.54) is 19.3 Å². The topological polar surface area (TPSA) is 23.8 Å². The van der Waals surface area contributed by atoms with Crippen molar-refractivity contribution in [1.82, 2.24) is 0 Å². The van der Waals surface area contributed by atoms with Crippen LogP contribution in [0.15, 0.2) is 12.2 Å². The molecule has 0 amide bonds. The molecule has 0 aromatic heterocycles. The van der Waals surface area contributed by atoms with Gasteiger partial charge in [-0.3, -0.25) is 0 Å². The number of hydrogen-bond donors (Lipinski definition) is 0. The lowest BCUT2D eigenvalue weighted by Gasteiger charge is -2.40. The summed E-state index contributed by atoms with van der Waals surface area (Å²) in [7, 11) is 0. The Kier molecular flexibility index (Phi) is 1.77. The van der Waals surface area contributed by atoms with Crippen molar-refractivity contribution in [2.24, 2.45) is 28.1 Å². The van der Waals surface area contributed by atoms with Crippen molar-refractivity contribution in [3.63, 3.8) is 0 Å². The minimum atomic E-state index is 0.214. The van der Waals surface area contributed by atoms with Gasteiger partial charge in [0.15, 0.2) is 0 Å². The van der Waals surface area contributed by atoms with E-state index in [0.29, 0.717) is 10.8 Å². The largest absolute Gasteiger partial charge is 0.198 e. The quantitative estimate of drug-likeness (QED) is 0.562. The Bertz CT molecular complexity index is 400. The summed E-state index contributed by atoms with van der Waals surface area (Å²) in [6, 6.07) is 2.61. The lowest BCUT2D eigenvalue weighted by atomic mass is 9.62. The lowest BCUT2D eigenvalue weighted by Crippen LogP contribution is -2.37. The Labute approximate surface area is 98.5 Å². The fourth-order valence-corrected chi connectivity index (χ4v) is 5.58. The number of allylic oxidation sites excluding steroid dienone is 2. The van der Waals surface area contributed by atoms with Crippen molar-refractivity contribution in [3.8, 4) is 6.07 Å². The second-order valence-corrected chi connectivity index (χ2v) is 7.08. The van der Waals surface area contributed by atoms with E-state index < -0.39 is 0 Å². The molecular weight excluding hydrogens is 194 g/mol. The van der Waals surface area contributed by atoms with Gasteiger partial charge in [-0.25, -0.2) is 0 Å². The number of hydrogen-bond acceptors (Lipinski definition) is 1. The molecule has 1 unspecified atom stereocenters. The molecule has 1 heteroatoms. The third-order valence-electron chi connectivity index (χ3n) is 5.85. The highest BCUT2D eigenvalue weighted by Crippen LogP contribution is 2.75. The van der Waals surface area contributed by atoms with Crippen LogP contribution in [-0.2, 0) is 0 Å². The summed E-state index contributed by atoms with van der Waals surface area (Å²) in [5, 5.41) is 9.46. The Morgan fingerprint density at radius 2 is 2.00 bits per heavy atom. The van der Waals surface area contributed by atoms with Crippen LogP contribution in [-0.4, -0.2) is 0 Å². The molecule has 0 aromatic carbocycles. The molecule has 0 aliphatic heterocycles. The smallest absolute Gasteiger partial charge is 0.0665 e. The normalized spacial score (nSPS) is 52.4. The summed E-state index contributed by atoms with van der Waals surface area (Å²) in [4.78, 5) is 0. The number of nitrogens with zero attached hydrogens (tertiary/aromatic N) is 1. The average molecular weight is 215 g/mol. The zero-order chi connectivity index (χ0) is 11.6. The molecule has 4 atom stereocenters. The Balaban J connectivity index is 2.18. The molecule has 0 heterocycles. The molecule has 86 valence electrons. The molecule has 0 aromatic rings. The van der Waals surface area contributed by atoms with Gasteiger partial charge in [-0.05, 0) is 42.4 Å². The van der Waals surface area contributed by atoms with E-state index in [-0.39, 0.29) is 11.3 Å². The SMILES string of the molecule is CC1(C)C[C@@]2(C)CC=C[C@]23C(C#N)CC[C@H]13. The standard InChI is InChI=1S/C15H21N/c1-13(2)10-14(3)7-4-8-15(14)11(9-16)5-6-12(13)15/h4,8,11-12H,5-7,10H2,1-3H3/t11?,12-,14-,15-/m1/s1. The molecule has 0 radical (unpaired) electrons. The Hall–Kier alpha value is -0.770. The van der Waals surface area contributed by atoms with Crippen LogP contribution >= 0.6 is 0 Å². The van der Waals surface area contributed by atoms with E-state index in [2.05, 4.69) is 39.0 Å². The third-order valence-corrected chi connectivity index (χ3v) is 5.85. The first-order chi connectivity index (χ1) is 7.46. The molecular formula is C15H21N. The van der Waals surface area contributed by atoms with Crippen LogP contribution in [0.4, 0.5) is 0 Å². The number of rotatable bonds is 0. The van der Waals surface area contributed by atoms with Crippen LogP contribution in [0.2, 0.25) is 0 Å². The van der Waals surface area contributed by atoms with Crippen molar-refractivity contribution in [1.29, 1.82) is 5.26 Å². The van der Waals surface area contributed by atoms with Crippen molar-refractivity contribution in [2.75, 3.05) is 0 Å². The summed E-state index contributed by atoms with van der Waals surface area (Å²) >= 11 is 0. The first kappa shape index (κ1) is 10.4. The van der Waals surface area contributed by atoms with Crippen LogP contribution in [0.1, 0.15) is 46.5 Å². The van der Waals surface area contributed by atoms with Crippen LogP contribution in [0.25, 0.3) is 0 Å². The lowest BCUT2D eigenvalue weighted by molar-refractivity contribution is 0.110. The summed E-state index contributed by atoms with van der Waals surface area (Å²) in [6.07, 6.45) is 9.61. The van der Waals surface area contributed by atoms with Crippen LogP contribution < -0.4 is 0 Å². The highest BCUT2D eigenvalue weighted by Gasteiger charge is 2.69. The van der Waals surface area contributed by atoms with Gasteiger partial charge in [0.1, 0.15) is 0 Å². The highest BCUT2D eigenvalue weighted by molar-refractivity contribution is 5.31. The first-order valence-corrected chi connectivity index (χ1v) is 6.54. The molecule has 0 N–H and O–H groups in total. The monoisotopic (exact) mass is 215 g/mol. The van der Waals surface area contributed by atoms with Crippen LogP contribution in [0.3, 0.4) is 0 Å². The summed E-state index contributed by atoms with van der Waals surface area (Å²) < 4.78 is 0. The Morgan fingerprint density at radius 3 is 2.69 bits per heavy atom. The molecule has 3 rings (SSSR count). The van der Waals surface area contributed by atoms with Gasteiger partial charge in [-0.15, -0.1) is 0 Å². The summed E-state index contributed by atoms with van der Waals surface area (Å²) in [5.74, 6) is 0.997. The van der Waals surface area contributed by atoms with E-state index in [4.69, 9.17) is 0 Å². The minimum absolute atomic E-state index is 0.214. The predicted molar refractivity (Wildman–Crippen MR) is 64.5 cm³/mol. The van der Waals surface area contributed by atoms with Crippen molar-refractivity contribution >= 4 is 0 Å². The van der Waals surface area contributed by atoms with E-state index >= 15 is 0 Å². The van der Waals surface area contributed by atoms with Crippen molar-refractivity contribution in [2.45, 2.75) is 46.5 Å². The highest BCUT2D eigenvalue weighted by atomic mass is 14.7. The molecule has 3 aliphatic carbocycles. The van der Waals surface area contributed by atoms with Gasteiger partial charge < -0.3 is 0 Å². The van der Waals surface area contributed by atoms with E-state index in [9.17, 15) is 5.26 Å². The van der Waals surface area contributed by atoms with Gasteiger partial charge in [0.05, 0.1) is 12.0 Å². The minimum Gasteiger partial charge on any atom is -0.198 e. The summed E-state index contributed by atoms with van der Waals surface area (Å²) in [5.41, 5.74) is 0.994. The van der Waals surface area contributed by atoms with Gasteiger partial charge in [0, 0.05) is 5.41 Å². The maximum Gasteiger partial charge on any atom is 0.0665 e. The van der Waals surface area contributed by atoms with Crippen molar-refractivity contribution < 1.29 is 0 Å². The fraction of sp³-hybridized carbons (Fsp3) is 0.800. The first-order valence-electron chi connectivity index (χ1n) is 6.54. The molecule has 1 spiro atoms. The molecule has 2 saturated carbocycles. The van der Waals surface area contributed by atoms with Crippen molar-refractivity contribution in [3.05, 3.63) is 12.2 Å². The van der Waals surface area contributed by atoms with Gasteiger partial charge in [-0.1, -0.05) is 32.9 Å². The molecule has 0 saturated heterocycles. The van der Waals surface area contributed by atoms with Crippen LogP contribution in [0.5, 0.6) is 0 Å². The van der Waals surface area contributed by atoms with E-state index in [1.54, 1.807) is 0 Å². The van der Waals surface area contributed by atoms with E-state index in [1.807, 2.05) is 0 Å². The Morgan fingerprint density at radius 1 is 1.25 bits per heavy atom. The number of nitriles is 1. The van der Waals surface area contributed by atoms with Gasteiger partial charge in [0.25, 0.3) is 0 Å². The van der Waals surface area contributed by atoms with Gasteiger partial charge >= 0.3 is 0 Å². The van der Waals surface area contributed by atoms with Gasteiger partial charge in [0.2, 0.25) is 0 Å². The predicted octanol–water partition coefficient (Wildman–Crippen LogP) is 3.92. The second kappa shape index (κ2) is 2.73. The molecule has 0 bridgehead atoms. The average Bonchev–Trinajstić information content (AvgIpc) is 2.74. The zero-order valence-electron chi connectivity index (χ0n) is 10.6. The molecule has 1 nitrogen and oxygen atoms in total. The molecule has 16 heavy (non-hydrogen) atoms. The molecule has 3 aliphatic rings. The third kappa shape index (κ3) is 0.887. The molecule has 2 fully saturated rings. The zero-order valence-corrected chi connectivity index (χ0v) is 10.6. The second-order valence-electron chi connectivity index (χ2n) is 7.08. The fourth-order valence-electron chi connectivity index (χ4n) is 5.58. The van der Waals surface area contributed by atoms with Gasteiger partial charge in [-0.2, -0.15) is 5.26 Å². The van der Waals surface area contributed by atoms with E-state index in [0.717, 1.165) is 12.3 Å². The maximum absolute atomic E-state index is 9.46. The summed E-state index contributed by atoms with van der Waals surface area (Å²) in [6.45, 7) is 7.25. The van der Waals surface area contributed by atoms with Crippen LogP contribution in [0, 0.1) is 39.4 Å².